The van der Waals surface area contributed by atoms with E-state index in [1.807, 2.05) is 22.6 Å². The minimum atomic E-state index is -3.80. The lowest BCUT2D eigenvalue weighted by molar-refractivity contribution is -0.287. The Morgan fingerprint density at radius 2 is 1.24 bits per heavy atom. The zero-order chi connectivity index (χ0) is 41.9. The summed E-state index contributed by atoms with van der Waals surface area (Å²) in [4.78, 5) is 37.9. The van der Waals surface area contributed by atoms with Crippen LogP contribution in [0.2, 0.25) is 0 Å². The third kappa shape index (κ3) is 9.03. The lowest BCUT2D eigenvalue weighted by Crippen LogP contribution is -2.31. The summed E-state index contributed by atoms with van der Waals surface area (Å²) in [5, 5.41) is 18.2. The quantitative estimate of drug-likeness (QED) is 0.0564. The number of carbonyl (C=O) groups excluding carboxylic acids is 2. The molecule has 312 valence electrons. The van der Waals surface area contributed by atoms with Crippen molar-refractivity contribution in [2.24, 2.45) is 0 Å². The highest BCUT2D eigenvalue weighted by Crippen LogP contribution is 2.51. The number of nitrogens with zero attached hydrogens (tertiary/aromatic N) is 2. The molecular weight excluding hydrogens is 906 g/mol. The van der Waals surface area contributed by atoms with Gasteiger partial charge in [0, 0.05) is 29.0 Å². The van der Waals surface area contributed by atoms with Crippen molar-refractivity contribution in [1.29, 1.82) is 0 Å². The number of nitrogens with one attached hydrogen (secondary N) is 2. The number of alkyl halides is 4. The molecule has 2 aromatic carbocycles. The van der Waals surface area contributed by atoms with Gasteiger partial charge in [-0.15, -0.1) is 17.6 Å². The van der Waals surface area contributed by atoms with Crippen LogP contribution in [0.4, 0.5) is 17.6 Å². The minimum absolute atomic E-state index is 0. The topological polar surface area (TPSA) is 206 Å². The summed E-state index contributed by atoms with van der Waals surface area (Å²) in [7, 11) is 1.32. The molecule has 4 N–H and O–H groups in total. The lowest BCUT2D eigenvalue weighted by Gasteiger charge is -2.10. The number of esters is 2. The average Bonchev–Trinajstić information content (AvgIpc) is 3.93. The zero-order valence-electron chi connectivity index (χ0n) is 30.5. The second kappa shape index (κ2) is 17.9. The van der Waals surface area contributed by atoms with Crippen LogP contribution >= 0.6 is 22.6 Å². The van der Waals surface area contributed by atoms with E-state index in [0.29, 0.717) is 25.6 Å². The van der Waals surface area contributed by atoms with Crippen LogP contribution in [0.1, 0.15) is 42.3 Å². The lowest BCUT2D eigenvalue weighted by atomic mass is 9.81. The molecule has 0 atom stereocenters. The molecule has 2 aliphatic rings. The van der Waals surface area contributed by atoms with Gasteiger partial charge < -0.3 is 57.9 Å². The van der Waals surface area contributed by atoms with Crippen LogP contribution in [0.15, 0.2) is 60.9 Å². The highest BCUT2D eigenvalue weighted by atomic mass is 127. The molecule has 4 aromatic heterocycles. The van der Waals surface area contributed by atoms with Gasteiger partial charge in [0.1, 0.15) is 11.4 Å². The fourth-order valence-electron chi connectivity index (χ4n) is 5.82. The summed E-state index contributed by atoms with van der Waals surface area (Å²) in [6.07, 6.45) is -4.46. The number of aromatic nitrogens is 4. The van der Waals surface area contributed by atoms with Crippen molar-refractivity contribution in [1.82, 2.24) is 19.9 Å². The Balaban J connectivity index is 0.000000182. The number of carbonyl (C=O) groups is 2. The van der Waals surface area contributed by atoms with Crippen molar-refractivity contribution >= 4 is 68.9 Å². The van der Waals surface area contributed by atoms with Crippen LogP contribution in [0.25, 0.3) is 32.9 Å². The van der Waals surface area contributed by atoms with Crippen molar-refractivity contribution in [2.75, 3.05) is 27.4 Å². The summed E-state index contributed by atoms with van der Waals surface area (Å²) in [6.45, 7) is 3.72. The Hall–Kier alpha value is -6.01. The number of ether oxygens (including phenoxy) is 8. The molecule has 0 saturated heterocycles. The number of halogens is 5. The first-order valence-electron chi connectivity index (χ1n) is 16.9. The van der Waals surface area contributed by atoms with Gasteiger partial charge in [-0.25, -0.2) is 19.6 Å². The van der Waals surface area contributed by atoms with Gasteiger partial charge in [0.15, 0.2) is 23.0 Å². The Morgan fingerprint density at radius 1 is 0.746 bits per heavy atom. The predicted molar refractivity (Wildman–Crippen MR) is 211 cm³/mol. The molecule has 8 rings (SSSR count). The largest absolute Gasteiger partial charge is 0.586 e. The van der Waals surface area contributed by atoms with E-state index in [1.54, 1.807) is 38.1 Å². The third-order valence-electron chi connectivity index (χ3n) is 8.07. The van der Waals surface area contributed by atoms with E-state index >= 15 is 0 Å². The van der Waals surface area contributed by atoms with Gasteiger partial charge in [-0.2, -0.15) is 0 Å². The number of benzene rings is 2. The van der Waals surface area contributed by atoms with Gasteiger partial charge in [0.2, 0.25) is 11.8 Å². The molecule has 0 unspecified atom stereocenters. The summed E-state index contributed by atoms with van der Waals surface area (Å²) in [5.41, 5.74) is 2.15. The number of pyridine rings is 2. The molecule has 0 spiro atoms. The van der Waals surface area contributed by atoms with Crippen molar-refractivity contribution in [3.63, 3.8) is 0 Å². The van der Waals surface area contributed by atoms with Gasteiger partial charge in [-0.05, 0) is 78.9 Å². The highest BCUT2D eigenvalue weighted by Gasteiger charge is 2.46. The molecule has 0 bridgehead atoms. The fraction of sp³-hybridized carbons (Fsp3) is 0.243. The number of hydrogen-bond acceptors (Lipinski definition) is 14. The zero-order valence-corrected chi connectivity index (χ0v) is 32.7. The monoisotopic (exact) mass is 940 g/mol. The van der Waals surface area contributed by atoms with Crippen molar-refractivity contribution in [3.8, 4) is 45.9 Å². The smallest absolute Gasteiger partial charge is 0.481 e. The summed E-state index contributed by atoms with van der Waals surface area (Å²) in [6, 6.07) is 12.2. The van der Waals surface area contributed by atoms with E-state index in [0.717, 1.165) is 0 Å². The molecule has 6 heterocycles. The van der Waals surface area contributed by atoms with Gasteiger partial charge in [0.05, 0.1) is 52.8 Å². The molecule has 16 nitrogen and oxygen atoms in total. The number of hydrogen-bond donors (Lipinski definition) is 4. The molecule has 2 aliphatic heterocycles. The first kappa shape index (κ1) is 44.1. The van der Waals surface area contributed by atoms with Gasteiger partial charge in [0.25, 0.3) is 0 Å². The Kier molecular flexibility index (Phi) is 13.4. The van der Waals surface area contributed by atoms with Gasteiger partial charge in [-0.1, -0.05) is 13.5 Å². The number of rotatable bonds is 8. The first-order chi connectivity index (χ1) is 27.6. The summed E-state index contributed by atoms with van der Waals surface area (Å²) in [5.74, 6) is -1.19. The van der Waals surface area contributed by atoms with Crippen LogP contribution in [-0.4, -0.2) is 89.1 Å². The second-order valence-electron chi connectivity index (χ2n) is 11.6. The molecule has 6 aromatic rings. The van der Waals surface area contributed by atoms with Crippen LogP contribution in [0, 0.1) is 3.57 Å². The maximum Gasteiger partial charge on any atom is 0.586 e. The van der Waals surface area contributed by atoms with E-state index in [2.05, 4.69) is 34.1 Å². The van der Waals surface area contributed by atoms with Crippen molar-refractivity contribution in [2.45, 2.75) is 33.9 Å². The number of H-pyrrole nitrogens is 2. The normalized spacial score (nSPS) is 13.6. The number of fused-ring (bicyclic) bond motifs is 6. The van der Waals surface area contributed by atoms with E-state index < -0.39 is 31.6 Å². The van der Waals surface area contributed by atoms with Gasteiger partial charge in [-0.3, -0.25) is 0 Å². The summed E-state index contributed by atoms with van der Waals surface area (Å²) < 4.78 is 92.2. The van der Waals surface area contributed by atoms with E-state index in [4.69, 9.17) is 33.7 Å². The molecule has 0 fully saturated rings. The number of aromatic amines is 2. The predicted octanol–water partition coefficient (Wildman–Crippen LogP) is 6.41. The Bertz CT molecular complexity index is 2500. The van der Waals surface area contributed by atoms with Crippen molar-refractivity contribution in [3.05, 3.63) is 75.9 Å². The maximum absolute atomic E-state index is 13.6. The van der Waals surface area contributed by atoms with Crippen molar-refractivity contribution < 1.29 is 75.1 Å². The SMILES string of the molecule is C.CCOC(=O)c1[nH]c2ccc3c(c2c1-c1cccnc1OC)OC(F)(F)O3.CCOC(=O)c1[nH]c2ccc3c(c2c1I)OC(F)(F)O3.COc1ncccc1B(O)O. The molecular formula is C37H34BF4IN4O12. The van der Waals surface area contributed by atoms with E-state index in [-0.39, 0.29) is 83.2 Å². The van der Waals surface area contributed by atoms with Crippen LogP contribution in [-0.2, 0) is 9.47 Å². The third-order valence-corrected chi connectivity index (χ3v) is 9.14. The van der Waals surface area contributed by atoms with Crippen LogP contribution in [0.3, 0.4) is 0 Å². The summed E-state index contributed by atoms with van der Waals surface area (Å²) >= 11 is 1.88. The molecule has 0 radical (unpaired) electrons. The number of methoxy groups -OCH3 is 2. The van der Waals surface area contributed by atoms with Gasteiger partial charge >= 0.3 is 31.6 Å². The molecule has 0 amide bonds. The standard InChI is InChI=1S/C18H14F2N2O5.C12H8F2INO4.C6H8BNO3.CH4/c1-3-25-17(23)14-12(9-5-4-8-21-16(9)24-2)13-10(22-14)6-7-11-15(13)27-18(19,20)26-11;1-2-18-11(17)9-8(15)7-5(16-9)3-4-6-10(7)20-12(13,14)19-6;1-11-6-5(7(9)10)3-2-4-8-6;/h4-8,22H,3H2,1-2H3;3-4,16H,2H2,1H3;2-4,9-10H,1H3;1H4. The van der Waals surface area contributed by atoms with Crippen LogP contribution < -0.4 is 33.9 Å². The Morgan fingerprint density at radius 3 is 1.76 bits per heavy atom. The van der Waals surface area contributed by atoms with E-state index in [9.17, 15) is 27.2 Å². The average molecular weight is 940 g/mol. The first-order valence-corrected chi connectivity index (χ1v) is 17.9. The fourth-order valence-corrected chi connectivity index (χ4v) is 6.71. The second-order valence-corrected chi connectivity index (χ2v) is 12.7. The minimum Gasteiger partial charge on any atom is -0.481 e. The van der Waals surface area contributed by atoms with Crippen LogP contribution in [0.5, 0.6) is 34.8 Å². The maximum atomic E-state index is 13.6. The highest BCUT2D eigenvalue weighted by molar-refractivity contribution is 14.1. The molecule has 22 heteroatoms. The Labute approximate surface area is 345 Å². The molecule has 0 saturated carbocycles. The molecule has 0 aliphatic carbocycles. The van der Waals surface area contributed by atoms with E-state index in [1.165, 1.54) is 50.9 Å². The molecule has 59 heavy (non-hydrogen) atoms.